The van der Waals surface area contributed by atoms with Gasteiger partial charge in [-0.1, -0.05) is 35.9 Å². The van der Waals surface area contributed by atoms with Crippen LogP contribution in [-0.4, -0.2) is 42.1 Å². The van der Waals surface area contributed by atoms with Crippen molar-refractivity contribution in [2.45, 2.75) is 46.0 Å². The fourth-order valence-corrected chi connectivity index (χ4v) is 9.62. The summed E-state index contributed by atoms with van der Waals surface area (Å²) >= 11 is 20.3. The highest BCUT2D eigenvalue weighted by Crippen LogP contribution is 2.40. The molecule has 316 valence electrons. The van der Waals surface area contributed by atoms with E-state index in [-0.39, 0.29) is 12.8 Å². The molecule has 10 nitrogen and oxygen atoms in total. The van der Waals surface area contributed by atoms with Crippen molar-refractivity contribution < 1.29 is 29.3 Å². The van der Waals surface area contributed by atoms with Crippen LogP contribution in [0.4, 0.5) is 0 Å². The number of fused-ring (bicyclic) bond motifs is 2. The van der Waals surface area contributed by atoms with Crippen LogP contribution in [0.15, 0.2) is 121 Å². The van der Waals surface area contributed by atoms with E-state index in [0.29, 0.717) is 47.3 Å². The molecule has 0 radical (unpaired) electrons. The molecule has 0 spiro atoms. The number of ether oxygens (including phenoxy) is 2. The Hall–Kier alpha value is -4.99. The molecule has 62 heavy (non-hydrogen) atoms. The molecule has 0 saturated carbocycles. The monoisotopic (exact) mass is 1100 g/mol. The maximum Gasteiger partial charge on any atom is 0.303 e. The number of nitrogens with zero attached hydrogens (tertiary/aromatic N) is 2. The number of carboxylic acid groups (broad SMARTS) is 2. The molecule has 0 saturated heterocycles. The number of hydrogen-bond acceptors (Lipinski definition) is 6. The molecule has 8 rings (SSSR count). The second-order valence-corrected chi connectivity index (χ2v) is 18.3. The number of nitrogens with one attached hydrogen (secondary N) is 2. The van der Waals surface area contributed by atoms with Gasteiger partial charge in [-0.05, 0) is 186 Å². The lowest BCUT2D eigenvalue weighted by molar-refractivity contribution is -0.138. The molecule has 4 N–H and O–H groups in total. The Morgan fingerprint density at radius 2 is 1.10 bits per heavy atom. The van der Waals surface area contributed by atoms with Crippen LogP contribution in [0.2, 0.25) is 5.02 Å². The predicted molar refractivity (Wildman–Crippen MR) is 258 cm³/mol. The minimum atomic E-state index is -0.819. The molecule has 6 aromatic carbocycles. The van der Waals surface area contributed by atoms with Crippen molar-refractivity contribution in [1.29, 1.82) is 0 Å². The first kappa shape index (κ1) is 45.0. The highest BCUT2D eigenvalue weighted by molar-refractivity contribution is 9.11. The highest BCUT2D eigenvalue weighted by Gasteiger charge is 2.15. The molecule has 0 unspecified atom stereocenters. The minimum Gasteiger partial charge on any atom is -0.481 e. The van der Waals surface area contributed by atoms with Crippen LogP contribution in [0.1, 0.15) is 41.5 Å². The van der Waals surface area contributed by atoms with Crippen LogP contribution >= 0.6 is 75.3 Å². The van der Waals surface area contributed by atoms with E-state index in [1.807, 2.05) is 84.9 Å². The summed E-state index contributed by atoms with van der Waals surface area (Å²) in [6.45, 7) is 4.19. The number of aryl methyl sites for hydroxylation is 4. The largest absolute Gasteiger partial charge is 0.481 e. The van der Waals surface area contributed by atoms with Gasteiger partial charge in [-0.15, -0.1) is 0 Å². The molecule has 2 heterocycles. The van der Waals surface area contributed by atoms with Crippen LogP contribution in [0, 0.1) is 13.8 Å². The Labute approximate surface area is 395 Å². The van der Waals surface area contributed by atoms with Gasteiger partial charge in [0.1, 0.15) is 23.1 Å². The quantitative estimate of drug-likeness (QED) is 0.0891. The molecule has 0 aliphatic rings. The third kappa shape index (κ3) is 11.3. The molecule has 0 atom stereocenters. The molecule has 0 bridgehead atoms. The first-order chi connectivity index (χ1) is 29.7. The van der Waals surface area contributed by atoms with E-state index in [4.69, 9.17) is 36.3 Å². The Balaban J connectivity index is 0.000000186. The molecular formula is C47H37Br4ClN4O6. The zero-order valence-corrected chi connectivity index (χ0v) is 40.3. The van der Waals surface area contributed by atoms with E-state index in [1.54, 1.807) is 0 Å². The summed E-state index contributed by atoms with van der Waals surface area (Å²) < 4.78 is 15.3. The first-order valence-corrected chi connectivity index (χ1v) is 22.8. The molecule has 0 amide bonds. The van der Waals surface area contributed by atoms with E-state index in [1.165, 1.54) is 11.1 Å². The van der Waals surface area contributed by atoms with Gasteiger partial charge in [0.15, 0.2) is 11.5 Å². The summed E-state index contributed by atoms with van der Waals surface area (Å²) in [5.74, 6) is 2.56. The summed E-state index contributed by atoms with van der Waals surface area (Å²) in [5, 5.41) is 18.4. The Morgan fingerprint density at radius 3 is 1.58 bits per heavy atom. The average Bonchev–Trinajstić information content (AvgIpc) is 3.85. The summed E-state index contributed by atoms with van der Waals surface area (Å²) in [7, 11) is 0. The lowest BCUT2D eigenvalue weighted by Gasteiger charge is -2.12. The Kier molecular flexibility index (Phi) is 14.5. The van der Waals surface area contributed by atoms with Gasteiger partial charge in [0.05, 0.1) is 40.0 Å². The summed E-state index contributed by atoms with van der Waals surface area (Å²) in [6.07, 6.45) is 1.94. The van der Waals surface area contributed by atoms with Gasteiger partial charge in [0.2, 0.25) is 0 Å². The Morgan fingerprint density at radius 1 is 0.597 bits per heavy atom. The average molecular weight is 1110 g/mol. The van der Waals surface area contributed by atoms with Crippen LogP contribution in [-0.2, 0) is 22.4 Å². The lowest BCUT2D eigenvalue weighted by Crippen LogP contribution is -1.98. The van der Waals surface area contributed by atoms with Crippen LogP contribution in [0.25, 0.3) is 44.8 Å². The molecule has 0 aliphatic carbocycles. The van der Waals surface area contributed by atoms with Gasteiger partial charge in [0, 0.05) is 41.1 Å². The normalized spacial score (nSPS) is 11.1. The number of imidazole rings is 2. The molecule has 8 aromatic rings. The Bertz CT molecular complexity index is 2920. The van der Waals surface area contributed by atoms with Gasteiger partial charge >= 0.3 is 11.9 Å². The van der Waals surface area contributed by atoms with Crippen LogP contribution < -0.4 is 9.47 Å². The second-order valence-electron chi connectivity index (χ2n) is 14.5. The number of halogens is 5. The lowest BCUT2D eigenvalue weighted by atomic mass is 10.1. The number of H-pyrrole nitrogens is 2. The number of hydrogen-bond donors (Lipinski definition) is 4. The van der Waals surface area contributed by atoms with Crippen molar-refractivity contribution in [2.24, 2.45) is 0 Å². The third-order valence-corrected chi connectivity index (χ3v) is 12.4. The number of aliphatic carboxylic acids is 2. The number of carbonyl (C=O) groups is 2. The predicted octanol–water partition coefficient (Wildman–Crippen LogP) is 14.8. The second kappa shape index (κ2) is 20.0. The number of aromatic amines is 2. The van der Waals surface area contributed by atoms with Gasteiger partial charge in [-0.3, -0.25) is 9.59 Å². The zero-order chi connectivity index (χ0) is 44.1. The van der Waals surface area contributed by atoms with Crippen LogP contribution in [0.5, 0.6) is 23.0 Å². The van der Waals surface area contributed by atoms with Gasteiger partial charge in [-0.2, -0.15) is 0 Å². The third-order valence-electron chi connectivity index (χ3n) is 9.82. The molecule has 2 aromatic heterocycles. The fourth-order valence-electron chi connectivity index (χ4n) is 6.54. The summed E-state index contributed by atoms with van der Waals surface area (Å²) in [6, 6.07) is 32.9. The molecule has 0 fully saturated rings. The maximum absolute atomic E-state index is 10.8. The van der Waals surface area contributed by atoms with Gasteiger partial charge in [0.25, 0.3) is 0 Å². The fraction of sp³-hybridized carbons (Fsp3) is 0.149. The van der Waals surface area contributed by atoms with E-state index in [0.717, 1.165) is 73.9 Å². The smallest absolute Gasteiger partial charge is 0.303 e. The number of benzene rings is 6. The summed E-state index contributed by atoms with van der Waals surface area (Å²) in [4.78, 5) is 37.6. The molecule has 0 aliphatic heterocycles. The van der Waals surface area contributed by atoms with Gasteiger partial charge in [-0.25, -0.2) is 9.97 Å². The maximum atomic E-state index is 10.8. The standard InChI is InChI=1S/C24H20Br2N2O3.C23H17Br2ClN2O3/c1-13-3-5-16(9-14(13)2)24-27-20-7-6-17(12-21(20)28-24)31-23-18(25)10-15(11-19(23)26)4-8-22(29)30;24-17-9-13(3-1-6-21(29)30)10-18(25)22(17)31-16-7-8-19-20(12-16)28-23(27-19)14-4-2-5-15(26)11-14/h3,5-7,9-12H,4,8H2,1-2H3,(H,27,28)(H,29,30);2,4-5,7-12H,1,3,6H2,(H,27,28)(H,29,30). The molecular weight excluding hydrogens is 1070 g/mol. The SMILES string of the molecule is Cc1ccc(-c2nc3ccc(Oc4c(Br)cc(CCC(=O)O)cc4Br)cc3[nH]2)cc1C.O=C(O)CCCc1cc(Br)c(Oc2ccc3nc(-c4cccc(Cl)c4)[nH]c3c2)c(Br)c1. The zero-order valence-electron chi connectivity index (χ0n) is 33.2. The van der Waals surface area contributed by atoms with Gasteiger partial charge < -0.3 is 29.7 Å². The number of rotatable bonds is 13. The summed E-state index contributed by atoms with van der Waals surface area (Å²) in [5.41, 5.74) is 9.81. The van der Waals surface area contributed by atoms with Crippen molar-refractivity contribution in [3.63, 3.8) is 0 Å². The van der Waals surface area contributed by atoms with Crippen molar-refractivity contribution in [3.8, 4) is 45.8 Å². The molecule has 15 heteroatoms. The number of carboxylic acids is 2. The van der Waals surface area contributed by atoms with E-state index >= 15 is 0 Å². The minimum absolute atomic E-state index is 0.0818. The van der Waals surface area contributed by atoms with Crippen LogP contribution in [0.3, 0.4) is 0 Å². The number of aromatic nitrogens is 4. The first-order valence-electron chi connectivity index (χ1n) is 19.3. The van der Waals surface area contributed by atoms with E-state index in [2.05, 4.69) is 111 Å². The van der Waals surface area contributed by atoms with Crippen molar-refractivity contribution >= 4 is 109 Å². The van der Waals surface area contributed by atoms with Crippen molar-refractivity contribution in [3.05, 3.63) is 148 Å². The highest BCUT2D eigenvalue weighted by atomic mass is 79.9. The van der Waals surface area contributed by atoms with Crippen molar-refractivity contribution in [1.82, 2.24) is 19.9 Å². The van der Waals surface area contributed by atoms with E-state index in [9.17, 15) is 9.59 Å². The van der Waals surface area contributed by atoms with E-state index < -0.39 is 11.9 Å². The van der Waals surface area contributed by atoms with Crippen molar-refractivity contribution in [2.75, 3.05) is 0 Å². The topological polar surface area (TPSA) is 150 Å².